The summed E-state index contributed by atoms with van der Waals surface area (Å²) >= 11 is 21.6. The van der Waals surface area contributed by atoms with Gasteiger partial charge in [0.2, 0.25) is 0 Å². The van der Waals surface area contributed by atoms with E-state index in [1.807, 2.05) is 12.1 Å². The largest absolute Gasteiger partial charge is 0.387 e. The van der Waals surface area contributed by atoms with Gasteiger partial charge in [0.25, 0.3) is 0 Å². The Bertz CT molecular complexity index is 598. The molecule has 2 nitrogen and oxygen atoms in total. The van der Waals surface area contributed by atoms with E-state index in [1.165, 1.54) is 0 Å². The van der Waals surface area contributed by atoms with Crippen LogP contribution in [0.5, 0.6) is 0 Å². The molecule has 0 fully saturated rings. The maximum absolute atomic E-state index is 10.2. The topological polar surface area (TPSA) is 32.3 Å². The van der Waals surface area contributed by atoms with Gasteiger partial charge in [-0.1, -0.05) is 68.9 Å². The molecule has 2 aromatic carbocycles. The van der Waals surface area contributed by atoms with Gasteiger partial charge in [0, 0.05) is 21.6 Å². The Morgan fingerprint density at radius 2 is 1.65 bits per heavy atom. The molecule has 0 radical (unpaired) electrons. The van der Waals surface area contributed by atoms with Crippen molar-refractivity contribution in [3.05, 3.63) is 61.5 Å². The Kier molecular flexibility index (Phi) is 5.58. The zero-order chi connectivity index (χ0) is 14.7. The third kappa shape index (κ3) is 3.80. The number of halogens is 4. The Morgan fingerprint density at radius 1 is 1.05 bits per heavy atom. The van der Waals surface area contributed by atoms with Gasteiger partial charge in [-0.15, -0.1) is 0 Å². The van der Waals surface area contributed by atoms with E-state index in [2.05, 4.69) is 21.2 Å². The lowest BCUT2D eigenvalue weighted by atomic mass is 10.1. The predicted octanol–water partition coefficient (Wildman–Crippen LogP) is 5.55. The molecule has 0 heterocycles. The van der Waals surface area contributed by atoms with Crippen molar-refractivity contribution in [3.63, 3.8) is 0 Å². The first-order valence-corrected chi connectivity index (χ1v) is 7.72. The second kappa shape index (κ2) is 7.01. The van der Waals surface area contributed by atoms with Crippen LogP contribution >= 0.6 is 50.7 Å². The maximum atomic E-state index is 10.2. The zero-order valence-corrected chi connectivity index (χ0v) is 14.1. The highest BCUT2D eigenvalue weighted by molar-refractivity contribution is 9.10. The molecule has 2 N–H and O–H groups in total. The van der Waals surface area contributed by atoms with Gasteiger partial charge in [0.15, 0.2) is 0 Å². The normalized spacial score (nSPS) is 12.2. The molecule has 0 amide bonds. The lowest BCUT2D eigenvalue weighted by Gasteiger charge is -2.16. The van der Waals surface area contributed by atoms with Crippen molar-refractivity contribution >= 4 is 56.4 Å². The first-order valence-electron chi connectivity index (χ1n) is 5.80. The molecule has 0 spiro atoms. The van der Waals surface area contributed by atoms with Crippen LogP contribution in [0.15, 0.2) is 40.9 Å². The summed E-state index contributed by atoms with van der Waals surface area (Å²) in [6.45, 7) is 0.255. The first kappa shape index (κ1) is 15.9. The summed E-state index contributed by atoms with van der Waals surface area (Å²) < 4.78 is 0.796. The summed E-state index contributed by atoms with van der Waals surface area (Å²) in [4.78, 5) is 0. The minimum Gasteiger partial charge on any atom is -0.387 e. The van der Waals surface area contributed by atoms with Crippen molar-refractivity contribution in [3.8, 4) is 0 Å². The van der Waals surface area contributed by atoms with Crippen LogP contribution in [0.4, 0.5) is 5.69 Å². The summed E-state index contributed by atoms with van der Waals surface area (Å²) in [6.07, 6.45) is -0.750. The molecule has 0 bridgehead atoms. The molecule has 0 aliphatic heterocycles. The van der Waals surface area contributed by atoms with E-state index in [1.54, 1.807) is 24.3 Å². The lowest BCUT2D eigenvalue weighted by Crippen LogP contribution is -2.13. The second-order valence-electron chi connectivity index (χ2n) is 4.16. The van der Waals surface area contributed by atoms with Crippen molar-refractivity contribution in [2.45, 2.75) is 6.10 Å². The van der Waals surface area contributed by atoms with Crippen LogP contribution in [0.2, 0.25) is 15.1 Å². The van der Waals surface area contributed by atoms with E-state index >= 15 is 0 Å². The van der Waals surface area contributed by atoms with Gasteiger partial charge in [-0.25, -0.2) is 0 Å². The molecule has 0 saturated heterocycles. The highest BCUT2D eigenvalue weighted by atomic mass is 79.9. The van der Waals surface area contributed by atoms with Crippen LogP contribution < -0.4 is 5.32 Å². The van der Waals surface area contributed by atoms with E-state index in [-0.39, 0.29) is 6.54 Å². The molecule has 0 aromatic heterocycles. The fraction of sp³-hybridized carbons (Fsp3) is 0.143. The Labute approximate surface area is 140 Å². The highest BCUT2D eigenvalue weighted by Crippen LogP contribution is 2.34. The van der Waals surface area contributed by atoms with Crippen molar-refractivity contribution in [2.24, 2.45) is 0 Å². The van der Waals surface area contributed by atoms with E-state index < -0.39 is 6.10 Å². The Balaban J connectivity index is 2.12. The number of aliphatic hydroxyl groups is 1. The van der Waals surface area contributed by atoms with Gasteiger partial charge in [0.05, 0.1) is 21.8 Å². The zero-order valence-electron chi connectivity index (χ0n) is 10.2. The second-order valence-corrected chi connectivity index (χ2v) is 6.30. The van der Waals surface area contributed by atoms with Gasteiger partial charge in [-0.05, 0) is 18.2 Å². The van der Waals surface area contributed by atoms with Crippen LogP contribution in [0, 0.1) is 0 Å². The van der Waals surface area contributed by atoms with Crippen LogP contribution in [-0.4, -0.2) is 11.7 Å². The number of anilines is 1. The summed E-state index contributed by atoms with van der Waals surface area (Å²) in [5.41, 5.74) is 1.24. The van der Waals surface area contributed by atoms with Crippen molar-refractivity contribution in [2.75, 3.05) is 11.9 Å². The number of hydrogen-bond acceptors (Lipinski definition) is 2. The van der Waals surface area contributed by atoms with Gasteiger partial charge in [0.1, 0.15) is 0 Å². The molecule has 0 aliphatic carbocycles. The molecule has 6 heteroatoms. The molecule has 0 aliphatic rings. The number of hydrogen-bond donors (Lipinski definition) is 2. The fourth-order valence-corrected chi connectivity index (χ4v) is 3.37. The van der Waals surface area contributed by atoms with Crippen LogP contribution in [0.3, 0.4) is 0 Å². The third-order valence-corrected chi connectivity index (χ3v) is 4.14. The Hall–Kier alpha value is -0.450. The van der Waals surface area contributed by atoms with E-state index in [9.17, 15) is 5.11 Å². The van der Waals surface area contributed by atoms with Crippen LogP contribution in [0.1, 0.15) is 11.7 Å². The minimum absolute atomic E-state index is 0.255. The molecular weight excluding hydrogens is 384 g/mol. The summed E-state index contributed by atoms with van der Waals surface area (Å²) in [5, 5.41) is 14.7. The number of benzene rings is 2. The molecule has 2 aromatic rings. The standard InChI is InChI=1S/C14H11BrCl3NO/c15-8-5-11(17)14(12(18)6-8)19-7-13(20)9-3-1-2-4-10(9)16/h1-6,13,19-20H,7H2. The van der Waals surface area contributed by atoms with Crippen LogP contribution in [0.25, 0.3) is 0 Å². The van der Waals surface area contributed by atoms with Gasteiger partial charge >= 0.3 is 0 Å². The summed E-state index contributed by atoms with van der Waals surface area (Å²) in [7, 11) is 0. The monoisotopic (exact) mass is 393 g/mol. The van der Waals surface area contributed by atoms with Gasteiger partial charge < -0.3 is 10.4 Å². The average molecular weight is 396 g/mol. The van der Waals surface area contributed by atoms with E-state index in [0.29, 0.717) is 26.3 Å². The van der Waals surface area contributed by atoms with Gasteiger partial charge in [-0.3, -0.25) is 0 Å². The summed E-state index contributed by atoms with van der Waals surface area (Å²) in [5.74, 6) is 0. The molecule has 1 atom stereocenters. The average Bonchev–Trinajstić information content (AvgIpc) is 2.37. The molecule has 106 valence electrons. The molecule has 2 rings (SSSR count). The predicted molar refractivity (Wildman–Crippen MR) is 89.1 cm³/mol. The first-order chi connectivity index (χ1) is 9.49. The van der Waals surface area contributed by atoms with Crippen molar-refractivity contribution in [1.82, 2.24) is 0 Å². The van der Waals surface area contributed by atoms with Crippen molar-refractivity contribution < 1.29 is 5.11 Å². The lowest BCUT2D eigenvalue weighted by molar-refractivity contribution is 0.192. The number of aliphatic hydroxyl groups excluding tert-OH is 1. The van der Waals surface area contributed by atoms with E-state index in [4.69, 9.17) is 34.8 Å². The van der Waals surface area contributed by atoms with Gasteiger partial charge in [-0.2, -0.15) is 0 Å². The summed E-state index contributed by atoms with van der Waals surface area (Å²) in [6, 6.07) is 10.6. The van der Waals surface area contributed by atoms with Crippen LogP contribution in [-0.2, 0) is 0 Å². The van der Waals surface area contributed by atoms with Crippen molar-refractivity contribution in [1.29, 1.82) is 0 Å². The maximum Gasteiger partial charge on any atom is 0.0976 e. The smallest absolute Gasteiger partial charge is 0.0976 e. The third-order valence-electron chi connectivity index (χ3n) is 2.74. The SMILES string of the molecule is OC(CNc1c(Cl)cc(Br)cc1Cl)c1ccccc1Cl. The quantitative estimate of drug-likeness (QED) is 0.711. The Morgan fingerprint density at radius 3 is 2.25 bits per heavy atom. The minimum atomic E-state index is -0.750. The fourth-order valence-electron chi connectivity index (χ4n) is 1.77. The molecular formula is C14H11BrCl3NO. The molecule has 1 unspecified atom stereocenters. The molecule has 20 heavy (non-hydrogen) atoms. The molecule has 0 saturated carbocycles. The highest BCUT2D eigenvalue weighted by Gasteiger charge is 2.13. The number of rotatable bonds is 4. The van der Waals surface area contributed by atoms with E-state index in [0.717, 1.165) is 4.47 Å². The number of nitrogens with one attached hydrogen (secondary N) is 1.